The van der Waals surface area contributed by atoms with Gasteiger partial charge in [-0.25, -0.2) is 0 Å². The summed E-state index contributed by atoms with van der Waals surface area (Å²) in [7, 11) is -12.9. The number of nitriles is 4. The predicted molar refractivity (Wildman–Crippen MR) is 252 cm³/mol. The molecule has 0 atom stereocenters. The van der Waals surface area contributed by atoms with Crippen LogP contribution in [0.2, 0.25) is 0 Å². The van der Waals surface area contributed by atoms with Gasteiger partial charge in [0.1, 0.15) is 0 Å². The van der Waals surface area contributed by atoms with E-state index in [4.69, 9.17) is 39.7 Å². The first-order valence-electron chi connectivity index (χ1n) is 18.3. The van der Waals surface area contributed by atoms with Crippen molar-refractivity contribution in [3.8, 4) is 24.3 Å². The molecule has 0 spiro atoms. The van der Waals surface area contributed by atoms with Crippen molar-refractivity contribution in [3.63, 3.8) is 0 Å². The van der Waals surface area contributed by atoms with E-state index < -0.39 is 30.4 Å². The maximum atomic E-state index is 9.75. The standard InChI is InChI=1S/2C18H15P.4C2H3N.4CO.2BF4.2Ru/c2*1-4-10-16(11-5-1)19(17-12-6-2-7-13-17)18-14-8-3-9-15-18;4*1-2-3;4*1-2;2*2-1(3,4)5;;/h2*1-15H;4*1H3;;;;;;;;/q;;;;;;;;;;2*-1;2*+1. The molecule has 6 aromatic carbocycles. The molecule has 0 aromatic heterocycles. The van der Waals surface area contributed by atoms with Crippen molar-refractivity contribution < 1.29 is 92.1 Å². The average Bonchev–Trinajstić information content (AvgIpc) is 3.34. The van der Waals surface area contributed by atoms with Gasteiger partial charge in [0.15, 0.2) is 0 Å². The summed E-state index contributed by atoms with van der Waals surface area (Å²) in [6.45, 7) is 23.7. The molecule has 0 aliphatic carbocycles. The molecule has 2 radical (unpaired) electrons. The quantitative estimate of drug-likeness (QED) is 0.0531. The molecule has 0 heterocycles. The van der Waals surface area contributed by atoms with E-state index in [1.807, 2.05) is 0 Å². The Morgan fingerprint density at radius 2 is 0.371 bits per heavy atom. The minimum Gasteiger partial charge on any atom is -0.0622 e. The van der Waals surface area contributed by atoms with E-state index in [0.717, 1.165) is 0 Å². The summed E-state index contributed by atoms with van der Waals surface area (Å²) in [5.74, 6) is 0. The number of rotatable bonds is 6. The van der Waals surface area contributed by atoms with Gasteiger partial charge in [-0.05, 0) is 47.7 Å². The first-order valence-corrected chi connectivity index (χ1v) is 20.9. The minimum absolute atomic E-state index is 0. The van der Waals surface area contributed by atoms with E-state index >= 15 is 0 Å². The minimum atomic E-state index is -6.00. The molecule has 0 aliphatic rings. The van der Waals surface area contributed by atoms with Gasteiger partial charge in [0.2, 0.25) is 0 Å². The summed E-state index contributed by atoms with van der Waals surface area (Å²) in [5.41, 5.74) is 0. The number of benzene rings is 6. The maximum Gasteiger partial charge on any atom is 1.00 e. The van der Waals surface area contributed by atoms with Crippen molar-refractivity contribution in [2.45, 2.75) is 27.7 Å². The van der Waals surface area contributed by atoms with Crippen molar-refractivity contribution >= 4 is 62.2 Å². The van der Waals surface area contributed by atoms with Crippen LogP contribution in [0.3, 0.4) is 0 Å². The van der Waals surface area contributed by atoms with Crippen LogP contribution in [0, 0.1) is 71.9 Å². The molecule has 70 heavy (non-hydrogen) atoms. The summed E-state index contributed by atoms with van der Waals surface area (Å²) in [5, 5.41) is 37.7. The molecule has 0 saturated heterocycles. The molecule has 0 N–H and O–H groups in total. The van der Waals surface area contributed by atoms with Crippen molar-refractivity contribution in [2.75, 3.05) is 0 Å². The van der Waals surface area contributed by atoms with E-state index in [1.165, 1.54) is 59.5 Å². The van der Waals surface area contributed by atoms with Crippen LogP contribution < -0.4 is 31.8 Å². The second-order valence-corrected chi connectivity index (χ2v) is 15.0. The van der Waals surface area contributed by atoms with Gasteiger partial charge in [0.05, 0.1) is 24.3 Å². The third-order valence-corrected chi connectivity index (χ3v) is 11.0. The zero-order chi connectivity index (χ0) is 53.7. The van der Waals surface area contributed by atoms with Crippen molar-refractivity contribution in [1.82, 2.24) is 0 Å². The predicted octanol–water partition coefficient (Wildman–Crippen LogP) is 11.5. The SMILES string of the molecule is CC#N.CC#N.CC#N.CC#N.F[B-](F)(F)F.F[B-](F)(F)F.[C-]#[O+].[C-]#[O+].[C-]#[O+].[C-]#[O+].[Ru+].[Ru+].c1ccc(P(c2ccccc2)c2ccccc2)cc1.c1ccc(P(c2ccccc2)c2ccccc2)cc1. The van der Waals surface area contributed by atoms with Gasteiger partial charge < -0.3 is 34.5 Å². The van der Waals surface area contributed by atoms with Gasteiger partial charge in [0.25, 0.3) is 0 Å². The molecule has 22 heteroatoms. The Morgan fingerprint density at radius 3 is 0.443 bits per heavy atom. The van der Waals surface area contributed by atoms with Crippen LogP contribution in [-0.4, -0.2) is 14.5 Å². The van der Waals surface area contributed by atoms with Crippen LogP contribution >= 0.6 is 15.8 Å². The second-order valence-electron chi connectivity index (χ2n) is 10.6. The monoisotopic (exact) mass is 1180 g/mol. The van der Waals surface area contributed by atoms with Crippen LogP contribution in [-0.2, 0) is 57.6 Å². The summed E-state index contributed by atoms with van der Waals surface area (Å²) in [6, 6.07) is 71.7. The number of hydrogen-bond acceptors (Lipinski definition) is 4. The van der Waals surface area contributed by atoms with E-state index in [-0.39, 0.29) is 39.0 Å². The van der Waals surface area contributed by atoms with Gasteiger partial charge in [-0.2, -0.15) is 21.0 Å². The Morgan fingerprint density at radius 1 is 0.300 bits per heavy atom. The Bertz CT molecular complexity index is 1920. The maximum absolute atomic E-state index is 9.75. The Hall–Kier alpha value is -6.08. The normalized spacial score (nSPS) is 8.03. The average molecular weight is 1180 g/mol. The molecule has 8 nitrogen and oxygen atoms in total. The fraction of sp³-hybridized carbons (Fsp3) is 0.0833. The van der Waals surface area contributed by atoms with E-state index in [1.54, 1.807) is 24.3 Å². The van der Waals surface area contributed by atoms with Gasteiger partial charge in [-0.1, -0.05) is 182 Å². The first-order chi connectivity index (χ1) is 32.6. The largest absolute Gasteiger partial charge is 1.00 e. The molecule has 0 aliphatic heterocycles. The summed E-state index contributed by atoms with van der Waals surface area (Å²) < 4.78 is 108. The first kappa shape index (κ1) is 80.9. The van der Waals surface area contributed by atoms with Crippen molar-refractivity contribution in [1.29, 1.82) is 21.0 Å². The molecular formula is C48H42B2F8N4O4P2Ru2. The Labute approximate surface area is 433 Å². The van der Waals surface area contributed by atoms with Crippen LogP contribution in [0.4, 0.5) is 34.5 Å². The van der Waals surface area contributed by atoms with Crippen LogP contribution in [0.5, 0.6) is 0 Å². The van der Waals surface area contributed by atoms with E-state index in [0.29, 0.717) is 0 Å². The molecule has 6 aromatic rings. The molecule has 0 unspecified atom stereocenters. The Kier molecular flexibility index (Phi) is 68.3. The fourth-order valence-electron chi connectivity index (χ4n) is 4.36. The molecular weight excluding hydrogens is 1130 g/mol. The zero-order valence-electron chi connectivity index (χ0n) is 37.5. The van der Waals surface area contributed by atoms with Crippen LogP contribution in [0.25, 0.3) is 0 Å². The van der Waals surface area contributed by atoms with Crippen LogP contribution in [0.1, 0.15) is 27.7 Å². The molecule has 0 fully saturated rings. The molecule has 366 valence electrons. The van der Waals surface area contributed by atoms with E-state index in [2.05, 4.69) is 209 Å². The van der Waals surface area contributed by atoms with Gasteiger partial charge in [-0.15, -0.1) is 0 Å². The zero-order valence-corrected chi connectivity index (χ0v) is 42.8. The van der Waals surface area contributed by atoms with Crippen LogP contribution in [0.15, 0.2) is 182 Å². The van der Waals surface area contributed by atoms with E-state index in [9.17, 15) is 34.5 Å². The number of nitrogens with zero attached hydrogens (tertiary/aromatic N) is 4. The molecule has 0 amide bonds. The smallest absolute Gasteiger partial charge is 0.0622 e. The summed E-state index contributed by atoms with van der Waals surface area (Å²) in [4.78, 5) is 0. The fourth-order valence-corrected chi connectivity index (χ4v) is 8.97. The van der Waals surface area contributed by atoms with Crippen molar-refractivity contribution in [2.24, 2.45) is 0 Å². The van der Waals surface area contributed by atoms with Gasteiger partial charge >= 0.3 is 98.7 Å². The topological polar surface area (TPSA) is 175 Å². The summed E-state index contributed by atoms with van der Waals surface area (Å²) in [6.07, 6.45) is 0. The van der Waals surface area contributed by atoms with Crippen molar-refractivity contribution in [3.05, 3.63) is 209 Å². The number of halogens is 8. The number of hydrogen-bond donors (Lipinski definition) is 0. The second kappa shape index (κ2) is 59.0. The molecule has 0 saturated carbocycles. The molecule has 0 bridgehead atoms. The Balaban J connectivity index is -0.000000116. The molecule has 6 rings (SSSR count). The van der Waals surface area contributed by atoms with Gasteiger partial charge in [0, 0.05) is 27.7 Å². The third-order valence-electron chi connectivity index (χ3n) is 6.09. The third kappa shape index (κ3) is 52.9. The summed E-state index contributed by atoms with van der Waals surface area (Å²) >= 11 is 0. The van der Waals surface area contributed by atoms with Gasteiger partial charge in [-0.3, -0.25) is 0 Å².